The fourth-order valence-corrected chi connectivity index (χ4v) is 5.39. The Balaban J connectivity index is 1.53. The third-order valence-electron chi connectivity index (χ3n) is 7.27. The monoisotopic (exact) mass is 490 g/mol. The smallest absolute Gasteiger partial charge is 0.275 e. The fraction of sp³-hybridized carbons (Fsp3) is 0.429. The summed E-state index contributed by atoms with van der Waals surface area (Å²) in [5.41, 5.74) is 2.04. The highest BCUT2D eigenvalue weighted by atomic mass is 16.5. The van der Waals surface area contributed by atoms with Gasteiger partial charge in [-0.1, -0.05) is 60.7 Å². The Labute approximate surface area is 211 Å². The van der Waals surface area contributed by atoms with Crippen molar-refractivity contribution in [3.8, 4) is 11.3 Å². The first-order chi connectivity index (χ1) is 17.6. The summed E-state index contributed by atoms with van der Waals surface area (Å²) in [4.78, 5) is 20.7. The molecular weight excluding hydrogens is 456 g/mol. The molecule has 3 heterocycles. The Morgan fingerprint density at radius 3 is 2.69 bits per heavy atom. The van der Waals surface area contributed by atoms with Crippen molar-refractivity contribution in [2.45, 2.75) is 30.5 Å². The standard InChI is InChI=1S/C28H34N4O4/c1-35-19-28(34)12-15-36-18-24(28)32-20-30-25(26(32)22-10-6-3-7-11-22)27(33)31-14-13-29-17-23(31)16-21-8-4-2-5-9-21/h2-11,20,23-24,29,34H,12-19H2,1H3/t23-,24+,28?/m1/s1. The average Bonchev–Trinajstić information content (AvgIpc) is 3.35. The van der Waals surface area contributed by atoms with Crippen LogP contribution in [0.25, 0.3) is 11.3 Å². The molecule has 0 radical (unpaired) electrons. The first-order valence-electron chi connectivity index (χ1n) is 12.6. The predicted molar refractivity (Wildman–Crippen MR) is 137 cm³/mol. The summed E-state index contributed by atoms with van der Waals surface area (Å²) in [6.45, 7) is 3.02. The number of benzene rings is 2. The van der Waals surface area contributed by atoms with Crippen molar-refractivity contribution in [2.24, 2.45) is 0 Å². The van der Waals surface area contributed by atoms with Gasteiger partial charge in [-0.05, 0) is 12.0 Å². The molecule has 1 unspecified atom stereocenters. The van der Waals surface area contributed by atoms with Crippen LogP contribution in [0.2, 0.25) is 0 Å². The summed E-state index contributed by atoms with van der Waals surface area (Å²) in [5, 5.41) is 14.9. The van der Waals surface area contributed by atoms with Crippen LogP contribution in [0, 0.1) is 0 Å². The van der Waals surface area contributed by atoms with Gasteiger partial charge in [-0.3, -0.25) is 4.79 Å². The Morgan fingerprint density at radius 2 is 1.94 bits per heavy atom. The number of methoxy groups -OCH3 is 1. The quantitative estimate of drug-likeness (QED) is 0.529. The third-order valence-corrected chi connectivity index (χ3v) is 7.27. The van der Waals surface area contributed by atoms with E-state index in [4.69, 9.17) is 9.47 Å². The van der Waals surface area contributed by atoms with Gasteiger partial charge in [0.05, 0.1) is 31.3 Å². The molecule has 2 aromatic carbocycles. The van der Waals surface area contributed by atoms with Crippen LogP contribution < -0.4 is 5.32 Å². The van der Waals surface area contributed by atoms with E-state index in [1.807, 2.05) is 58.0 Å². The Morgan fingerprint density at radius 1 is 1.19 bits per heavy atom. The molecule has 8 heteroatoms. The predicted octanol–water partition coefficient (Wildman–Crippen LogP) is 2.55. The van der Waals surface area contributed by atoms with Crippen LogP contribution in [-0.2, 0) is 15.9 Å². The van der Waals surface area contributed by atoms with Crippen LogP contribution in [0.5, 0.6) is 0 Å². The topological polar surface area (TPSA) is 88.8 Å². The zero-order valence-electron chi connectivity index (χ0n) is 20.7. The molecule has 3 atom stereocenters. The van der Waals surface area contributed by atoms with Gasteiger partial charge in [-0.25, -0.2) is 4.98 Å². The number of rotatable bonds is 7. The number of nitrogens with zero attached hydrogens (tertiary/aromatic N) is 3. The van der Waals surface area contributed by atoms with Crippen LogP contribution in [0.3, 0.4) is 0 Å². The third kappa shape index (κ3) is 4.95. The van der Waals surface area contributed by atoms with Crippen LogP contribution in [0.15, 0.2) is 67.0 Å². The van der Waals surface area contributed by atoms with Crippen molar-refractivity contribution in [2.75, 3.05) is 46.6 Å². The van der Waals surface area contributed by atoms with Crippen LogP contribution >= 0.6 is 0 Å². The highest BCUT2D eigenvalue weighted by molar-refractivity contribution is 5.98. The summed E-state index contributed by atoms with van der Waals surface area (Å²) < 4.78 is 13.1. The summed E-state index contributed by atoms with van der Waals surface area (Å²) >= 11 is 0. The number of hydrogen-bond acceptors (Lipinski definition) is 6. The summed E-state index contributed by atoms with van der Waals surface area (Å²) in [6.07, 6.45) is 2.88. The van der Waals surface area contributed by atoms with Crippen LogP contribution in [0.4, 0.5) is 0 Å². The zero-order valence-corrected chi connectivity index (χ0v) is 20.7. The van der Waals surface area contributed by atoms with E-state index >= 15 is 0 Å². The Bertz CT molecular complexity index is 1150. The number of aromatic nitrogens is 2. The van der Waals surface area contributed by atoms with Gasteiger partial charge in [0.25, 0.3) is 5.91 Å². The Kier molecular flexibility index (Phi) is 7.48. The highest BCUT2D eigenvalue weighted by Gasteiger charge is 2.43. The number of piperazine rings is 1. The van der Waals surface area contributed by atoms with E-state index in [-0.39, 0.29) is 18.6 Å². The molecule has 3 aromatic rings. The molecule has 36 heavy (non-hydrogen) atoms. The van der Waals surface area contributed by atoms with Crippen molar-refractivity contribution in [1.82, 2.24) is 19.8 Å². The van der Waals surface area contributed by atoms with Crippen molar-refractivity contribution < 1.29 is 19.4 Å². The summed E-state index contributed by atoms with van der Waals surface area (Å²) in [6, 6.07) is 19.6. The maximum atomic E-state index is 14.1. The van der Waals surface area contributed by atoms with Gasteiger partial charge >= 0.3 is 0 Å². The van der Waals surface area contributed by atoms with E-state index in [9.17, 15) is 9.90 Å². The van der Waals surface area contributed by atoms with Crippen molar-refractivity contribution in [3.05, 3.63) is 78.2 Å². The van der Waals surface area contributed by atoms with Crippen LogP contribution in [0.1, 0.15) is 28.5 Å². The minimum absolute atomic E-state index is 0.0193. The van der Waals surface area contributed by atoms with E-state index in [1.54, 1.807) is 13.4 Å². The van der Waals surface area contributed by atoms with Gasteiger partial charge < -0.3 is 29.4 Å². The molecule has 1 amide bonds. The Hall–Kier alpha value is -3.04. The van der Waals surface area contributed by atoms with E-state index in [1.165, 1.54) is 5.56 Å². The normalized spacial score (nSPS) is 24.6. The largest absolute Gasteiger partial charge is 0.385 e. The molecule has 2 fully saturated rings. The molecule has 8 nitrogen and oxygen atoms in total. The van der Waals surface area contributed by atoms with Crippen molar-refractivity contribution >= 4 is 5.91 Å². The number of carbonyl (C=O) groups excluding carboxylic acids is 1. The van der Waals surface area contributed by atoms with Gasteiger partial charge in [0, 0.05) is 51.4 Å². The number of nitrogens with one attached hydrogen (secondary N) is 1. The van der Waals surface area contributed by atoms with E-state index in [0.29, 0.717) is 37.6 Å². The molecule has 0 aliphatic carbocycles. The number of imidazole rings is 1. The van der Waals surface area contributed by atoms with Gasteiger partial charge in [0.1, 0.15) is 5.60 Å². The molecular formula is C28H34N4O4. The lowest BCUT2D eigenvalue weighted by Gasteiger charge is -2.40. The average molecular weight is 491 g/mol. The fourth-order valence-electron chi connectivity index (χ4n) is 5.39. The lowest BCUT2D eigenvalue weighted by atomic mass is 9.89. The second-order valence-corrected chi connectivity index (χ2v) is 9.64. The molecule has 1 aromatic heterocycles. The SMILES string of the molecule is COCC1(O)CCOC[C@@H]1n1cnc(C(=O)N2CCNC[C@H]2Cc2ccccc2)c1-c1ccccc1. The van der Waals surface area contributed by atoms with Gasteiger partial charge in [-0.2, -0.15) is 0 Å². The minimum Gasteiger partial charge on any atom is -0.385 e. The molecule has 190 valence electrons. The van der Waals surface area contributed by atoms with E-state index < -0.39 is 11.6 Å². The molecule has 2 saturated heterocycles. The second kappa shape index (κ2) is 10.9. The van der Waals surface area contributed by atoms with Crippen molar-refractivity contribution in [3.63, 3.8) is 0 Å². The molecule has 5 rings (SSSR count). The number of ether oxygens (including phenoxy) is 2. The van der Waals surface area contributed by atoms with Gasteiger partial charge in [0.2, 0.25) is 0 Å². The van der Waals surface area contributed by atoms with Gasteiger partial charge in [0.15, 0.2) is 5.69 Å². The second-order valence-electron chi connectivity index (χ2n) is 9.64. The maximum Gasteiger partial charge on any atom is 0.275 e. The minimum atomic E-state index is -1.12. The number of hydrogen-bond donors (Lipinski definition) is 2. The molecule has 2 aliphatic rings. The molecule has 0 saturated carbocycles. The number of amides is 1. The van der Waals surface area contributed by atoms with E-state index in [0.717, 1.165) is 25.1 Å². The molecule has 0 spiro atoms. The first kappa shape index (κ1) is 24.6. The maximum absolute atomic E-state index is 14.1. The van der Waals surface area contributed by atoms with Crippen molar-refractivity contribution in [1.29, 1.82) is 0 Å². The number of carbonyl (C=O) groups is 1. The number of aliphatic hydroxyl groups is 1. The molecule has 2 N–H and O–H groups in total. The molecule has 0 bridgehead atoms. The lowest BCUT2D eigenvalue weighted by molar-refractivity contribution is -0.134. The van der Waals surface area contributed by atoms with Gasteiger partial charge in [-0.15, -0.1) is 0 Å². The lowest BCUT2D eigenvalue weighted by Crippen LogP contribution is -2.54. The summed E-state index contributed by atoms with van der Waals surface area (Å²) in [7, 11) is 1.59. The van der Waals surface area contributed by atoms with Crippen LogP contribution in [-0.4, -0.2) is 83.7 Å². The zero-order chi connectivity index (χ0) is 25.0. The highest BCUT2D eigenvalue weighted by Crippen LogP contribution is 2.36. The first-order valence-corrected chi connectivity index (χ1v) is 12.6. The van der Waals surface area contributed by atoms with E-state index in [2.05, 4.69) is 22.4 Å². The summed E-state index contributed by atoms with van der Waals surface area (Å²) in [5.74, 6) is -0.0953. The molecule has 2 aliphatic heterocycles.